The van der Waals surface area contributed by atoms with Gasteiger partial charge in [-0.05, 0) is 61.1 Å². The van der Waals surface area contributed by atoms with Crippen LogP contribution in [0.25, 0.3) is 0 Å². The van der Waals surface area contributed by atoms with Gasteiger partial charge in [0.1, 0.15) is 11.5 Å². The Morgan fingerprint density at radius 1 is 1.13 bits per heavy atom. The number of anilines is 2. The third-order valence-electron chi connectivity index (χ3n) is 5.88. The van der Waals surface area contributed by atoms with Gasteiger partial charge in [0.15, 0.2) is 5.11 Å². The number of aromatic nitrogens is 1. The van der Waals surface area contributed by atoms with Crippen LogP contribution < -0.4 is 9.80 Å². The van der Waals surface area contributed by atoms with E-state index >= 15 is 0 Å². The van der Waals surface area contributed by atoms with Crippen molar-refractivity contribution in [1.29, 1.82) is 0 Å². The molecule has 4 rings (SSSR count). The quantitative estimate of drug-likeness (QED) is 0.156. The summed E-state index contributed by atoms with van der Waals surface area (Å²) in [7, 11) is 0. The van der Waals surface area contributed by atoms with Crippen LogP contribution in [0.2, 0.25) is 0 Å². The van der Waals surface area contributed by atoms with Gasteiger partial charge in [-0.15, -0.1) is 23.5 Å². The molecular formula is C26H28N4O5S4. The van der Waals surface area contributed by atoms with E-state index in [4.69, 9.17) is 22.1 Å². The molecule has 1 saturated heterocycles. The maximum atomic E-state index is 13.6. The van der Waals surface area contributed by atoms with Gasteiger partial charge in [0.25, 0.3) is 5.91 Å². The van der Waals surface area contributed by atoms with Crippen LogP contribution in [-0.4, -0.2) is 82.5 Å². The maximum Gasteiger partial charge on any atom is 0.305 e. The highest BCUT2D eigenvalue weighted by atomic mass is 32.2. The van der Waals surface area contributed by atoms with Crippen molar-refractivity contribution in [3.05, 3.63) is 59.4 Å². The van der Waals surface area contributed by atoms with E-state index < -0.39 is 5.97 Å². The van der Waals surface area contributed by atoms with E-state index in [0.717, 1.165) is 25.4 Å². The van der Waals surface area contributed by atoms with Crippen molar-refractivity contribution in [2.24, 2.45) is 0 Å². The average molecular weight is 605 g/mol. The lowest BCUT2D eigenvalue weighted by Crippen LogP contribution is -2.34. The number of carbonyl (C=O) groups excluding carboxylic acids is 1. The van der Waals surface area contributed by atoms with E-state index in [1.165, 1.54) is 16.7 Å². The van der Waals surface area contributed by atoms with Gasteiger partial charge >= 0.3 is 5.97 Å². The summed E-state index contributed by atoms with van der Waals surface area (Å²) in [6.45, 7) is 0.955. The molecule has 0 unspecified atom stereocenters. The van der Waals surface area contributed by atoms with Crippen molar-refractivity contribution in [2.75, 3.05) is 55.2 Å². The van der Waals surface area contributed by atoms with Crippen LogP contribution in [0.3, 0.4) is 0 Å². The third-order valence-corrected chi connectivity index (χ3v) is 9.08. The van der Waals surface area contributed by atoms with Gasteiger partial charge in [-0.3, -0.25) is 9.59 Å². The van der Waals surface area contributed by atoms with Crippen molar-refractivity contribution in [3.63, 3.8) is 0 Å². The number of amides is 1. The molecule has 0 spiro atoms. The molecule has 1 amide bonds. The van der Waals surface area contributed by atoms with Crippen molar-refractivity contribution < 1.29 is 24.5 Å². The summed E-state index contributed by atoms with van der Waals surface area (Å²) in [5, 5.41) is 19.5. The Morgan fingerprint density at radius 2 is 1.90 bits per heavy atom. The number of hydrogen-bond donors (Lipinski definition) is 2. The first-order chi connectivity index (χ1) is 18.9. The molecule has 13 heteroatoms. The number of aliphatic carboxylic acids is 1. The minimum atomic E-state index is -0.881. The molecule has 0 aliphatic carbocycles. The zero-order chi connectivity index (χ0) is 27.9. The number of fused-ring (bicyclic) bond motifs is 1. The Labute approximate surface area is 245 Å². The van der Waals surface area contributed by atoms with Gasteiger partial charge in [0, 0.05) is 34.0 Å². The Kier molecular flexibility index (Phi) is 10.3. The Balaban J connectivity index is 1.70. The summed E-state index contributed by atoms with van der Waals surface area (Å²) in [6, 6.07) is 9.49. The number of aliphatic hydroxyl groups excluding tert-OH is 1. The highest BCUT2D eigenvalue weighted by Crippen LogP contribution is 2.49. The number of carboxylic acid groups (broad SMARTS) is 1. The van der Waals surface area contributed by atoms with Gasteiger partial charge < -0.3 is 24.7 Å². The Bertz CT molecular complexity index is 1300. The summed E-state index contributed by atoms with van der Waals surface area (Å²) in [5.41, 5.74) is 1.31. The van der Waals surface area contributed by atoms with Crippen molar-refractivity contribution in [3.8, 4) is 0 Å². The van der Waals surface area contributed by atoms with E-state index in [2.05, 4.69) is 17.1 Å². The van der Waals surface area contributed by atoms with E-state index in [0.29, 0.717) is 24.6 Å². The van der Waals surface area contributed by atoms with Crippen LogP contribution in [0.1, 0.15) is 6.42 Å². The summed E-state index contributed by atoms with van der Waals surface area (Å²) in [6.07, 6.45) is 9.18. The molecule has 2 aliphatic rings. The Hall–Kier alpha value is -2.55. The molecule has 0 atom stereocenters. The van der Waals surface area contributed by atoms with Gasteiger partial charge in [-0.2, -0.15) is 0 Å². The summed E-state index contributed by atoms with van der Waals surface area (Å²) in [4.78, 5) is 37.7. The maximum absolute atomic E-state index is 13.6. The summed E-state index contributed by atoms with van der Waals surface area (Å²) >= 11 is 10.5. The first kappa shape index (κ1) is 29.4. The second kappa shape index (κ2) is 13.7. The highest BCUT2D eigenvalue weighted by Gasteiger charge is 2.39. The number of hydrogen-bond acceptors (Lipinski definition) is 10. The Morgan fingerprint density at radius 3 is 2.56 bits per heavy atom. The average Bonchev–Trinajstić information content (AvgIpc) is 3.40. The van der Waals surface area contributed by atoms with Gasteiger partial charge in [0.2, 0.25) is 0 Å². The van der Waals surface area contributed by atoms with Gasteiger partial charge in [0.05, 0.1) is 37.0 Å². The molecule has 3 heterocycles. The van der Waals surface area contributed by atoms with E-state index in [1.54, 1.807) is 58.9 Å². The lowest BCUT2D eigenvalue weighted by atomic mass is 10.2. The van der Waals surface area contributed by atoms with Crippen molar-refractivity contribution in [1.82, 2.24) is 9.88 Å². The number of allylic oxidation sites excluding steroid dienone is 2. The molecule has 2 N–H and O–H groups in total. The molecule has 2 aliphatic heterocycles. The molecule has 206 valence electrons. The number of rotatable bonds is 12. The molecule has 2 aromatic rings. The number of carbonyl (C=O) groups is 2. The summed E-state index contributed by atoms with van der Waals surface area (Å²) in [5.74, 6) is -0.775. The fourth-order valence-corrected chi connectivity index (χ4v) is 7.11. The zero-order valence-electron chi connectivity index (χ0n) is 21.4. The molecule has 0 saturated carbocycles. The number of benzene rings is 1. The monoisotopic (exact) mass is 604 g/mol. The van der Waals surface area contributed by atoms with Crippen LogP contribution in [-0.2, 0) is 14.3 Å². The first-order valence-corrected chi connectivity index (χ1v) is 15.7. The largest absolute Gasteiger partial charge is 0.481 e. The predicted octanol–water partition coefficient (Wildman–Crippen LogP) is 4.28. The standard InChI is InChI=1S/C26H28N4O5S4/c1-37-20-15-18-19(16-21(20)38-2)39-23(28(18)10-8-24(32)33)7-6-17-25(34)30(22-5-3-4-9-27-22)26(36)29(17)11-13-35-14-12-31/h3-7,9,15-16,31H,8,10-14H2,1-2H3,(H,32,33)/b17-6-,23-7+. The fourth-order valence-electron chi connectivity index (χ4n) is 4.07. The number of ether oxygens (including phenoxy) is 1. The van der Waals surface area contributed by atoms with Crippen LogP contribution in [0.5, 0.6) is 0 Å². The van der Waals surface area contributed by atoms with E-state index in [1.807, 2.05) is 23.5 Å². The van der Waals surface area contributed by atoms with Gasteiger partial charge in [-0.1, -0.05) is 17.8 Å². The second-order valence-electron chi connectivity index (χ2n) is 8.23. The normalized spacial score (nSPS) is 17.2. The predicted molar refractivity (Wildman–Crippen MR) is 161 cm³/mol. The molecule has 1 aromatic carbocycles. The molecule has 1 aromatic heterocycles. The number of carboxylic acids is 1. The number of thioether (sulfide) groups is 3. The second-order valence-corrected chi connectivity index (χ2v) is 11.4. The zero-order valence-corrected chi connectivity index (χ0v) is 24.7. The lowest BCUT2D eigenvalue weighted by Gasteiger charge is -2.21. The fraction of sp³-hybridized carbons (Fsp3) is 0.308. The minimum Gasteiger partial charge on any atom is -0.481 e. The number of nitrogens with zero attached hydrogens (tertiary/aromatic N) is 4. The van der Waals surface area contributed by atoms with Crippen LogP contribution in [0.4, 0.5) is 11.5 Å². The summed E-state index contributed by atoms with van der Waals surface area (Å²) < 4.78 is 5.44. The molecular weight excluding hydrogens is 577 g/mol. The van der Waals surface area contributed by atoms with E-state index in [9.17, 15) is 14.7 Å². The van der Waals surface area contributed by atoms with Crippen LogP contribution >= 0.6 is 47.5 Å². The molecule has 9 nitrogen and oxygen atoms in total. The van der Waals surface area contributed by atoms with Crippen molar-refractivity contribution >= 4 is 76.0 Å². The van der Waals surface area contributed by atoms with Gasteiger partial charge in [-0.25, -0.2) is 9.88 Å². The van der Waals surface area contributed by atoms with Crippen LogP contribution in [0, 0.1) is 0 Å². The molecule has 0 bridgehead atoms. The minimum absolute atomic E-state index is 0.0302. The highest BCUT2D eigenvalue weighted by molar-refractivity contribution is 8.04. The van der Waals surface area contributed by atoms with Crippen LogP contribution in [0.15, 0.2) is 74.1 Å². The number of pyridine rings is 1. The SMILES string of the molecule is CSc1cc2c(cc1SC)N(CCC(=O)O)/C(=C\C=C1\C(=O)N(c3ccccn3)C(=S)N1CCOCCO)S2. The molecule has 39 heavy (non-hydrogen) atoms. The van der Waals surface area contributed by atoms with E-state index in [-0.39, 0.29) is 37.3 Å². The molecule has 0 radical (unpaired) electrons. The molecule has 1 fully saturated rings. The topological polar surface area (TPSA) is 106 Å². The lowest BCUT2D eigenvalue weighted by molar-refractivity contribution is -0.136. The first-order valence-electron chi connectivity index (χ1n) is 12.0. The third kappa shape index (κ3) is 6.61. The smallest absolute Gasteiger partial charge is 0.305 e. The number of aliphatic hydroxyl groups is 1. The van der Waals surface area contributed by atoms with Crippen molar-refractivity contribution in [2.45, 2.75) is 21.1 Å². The number of thiocarbonyl (C=S) groups is 1.